The van der Waals surface area contributed by atoms with Gasteiger partial charge in [-0.15, -0.1) is 0 Å². The predicted octanol–water partition coefficient (Wildman–Crippen LogP) is 2.22. The fourth-order valence-corrected chi connectivity index (χ4v) is 4.56. The van der Waals surface area contributed by atoms with E-state index in [-0.39, 0.29) is 5.56 Å². The van der Waals surface area contributed by atoms with Gasteiger partial charge in [-0.25, -0.2) is 4.98 Å². The fraction of sp³-hybridized carbons (Fsp3) is 0.480. The Morgan fingerprint density at radius 2 is 1.88 bits per heavy atom. The fourth-order valence-electron chi connectivity index (χ4n) is 4.56. The van der Waals surface area contributed by atoms with Gasteiger partial charge in [0, 0.05) is 44.2 Å². The van der Waals surface area contributed by atoms with Gasteiger partial charge in [-0.1, -0.05) is 0 Å². The van der Waals surface area contributed by atoms with Crippen LogP contribution < -0.4 is 25.1 Å². The number of nitrogens with zero attached hydrogens (tertiary/aromatic N) is 4. The molecule has 0 saturated carbocycles. The lowest BCUT2D eigenvalue weighted by Gasteiger charge is -2.32. The normalized spacial score (nSPS) is 17.0. The molecule has 2 aliphatic rings. The summed E-state index contributed by atoms with van der Waals surface area (Å²) in [6, 6.07) is 8.06. The van der Waals surface area contributed by atoms with Crippen molar-refractivity contribution in [2.24, 2.45) is 0 Å². The van der Waals surface area contributed by atoms with E-state index in [0.717, 1.165) is 72.9 Å². The molecule has 34 heavy (non-hydrogen) atoms. The third-order valence-electron chi connectivity index (χ3n) is 6.54. The van der Waals surface area contributed by atoms with Crippen molar-refractivity contribution in [3.05, 3.63) is 52.7 Å². The summed E-state index contributed by atoms with van der Waals surface area (Å²) in [5, 5.41) is 3.64. The van der Waals surface area contributed by atoms with E-state index in [2.05, 4.69) is 20.2 Å². The lowest BCUT2D eigenvalue weighted by atomic mass is 10.0. The van der Waals surface area contributed by atoms with Crippen LogP contribution in [0.25, 0.3) is 11.0 Å². The maximum Gasteiger partial charge on any atom is 0.269 e. The second-order valence-electron chi connectivity index (χ2n) is 8.77. The van der Waals surface area contributed by atoms with E-state index in [1.54, 1.807) is 17.9 Å². The number of methoxy groups -OCH3 is 1. The van der Waals surface area contributed by atoms with Crippen LogP contribution in [0.15, 0.2) is 41.5 Å². The number of hydrogen-bond acceptors (Lipinski definition) is 8. The highest BCUT2D eigenvalue weighted by Gasteiger charge is 2.20. The highest BCUT2D eigenvalue weighted by Crippen LogP contribution is 2.29. The SMILES string of the molecule is COc1ccc2ncc(=O)n(CCN3CCC(NCc4cc5c(cn4)OCCCO5)CC3)c2c1. The van der Waals surface area contributed by atoms with Crippen LogP contribution in [-0.4, -0.2) is 65.4 Å². The maximum absolute atomic E-state index is 12.5. The zero-order valence-electron chi connectivity index (χ0n) is 19.5. The summed E-state index contributed by atoms with van der Waals surface area (Å²) >= 11 is 0. The Balaban J connectivity index is 1.13. The maximum atomic E-state index is 12.5. The van der Waals surface area contributed by atoms with Crippen molar-refractivity contribution in [2.75, 3.05) is 40.0 Å². The average molecular weight is 466 g/mol. The molecule has 0 spiro atoms. The summed E-state index contributed by atoms with van der Waals surface area (Å²) in [6.07, 6.45) is 6.18. The highest BCUT2D eigenvalue weighted by molar-refractivity contribution is 5.76. The minimum atomic E-state index is -0.0834. The Bertz CT molecular complexity index is 1190. The van der Waals surface area contributed by atoms with Gasteiger partial charge in [-0.3, -0.25) is 9.78 Å². The van der Waals surface area contributed by atoms with E-state index in [9.17, 15) is 4.79 Å². The van der Waals surface area contributed by atoms with Crippen LogP contribution in [0.4, 0.5) is 0 Å². The Morgan fingerprint density at radius 1 is 1.06 bits per heavy atom. The van der Waals surface area contributed by atoms with Crippen molar-refractivity contribution < 1.29 is 14.2 Å². The number of pyridine rings is 1. The lowest BCUT2D eigenvalue weighted by molar-refractivity contribution is 0.191. The molecule has 3 aromatic rings. The molecular weight excluding hydrogens is 434 g/mol. The lowest BCUT2D eigenvalue weighted by Crippen LogP contribution is -2.43. The van der Waals surface area contributed by atoms with Gasteiger partial charge in [0.1, 0.15) is 5.75 Å². The Kier molecular flexibility index (Phi) is 6.92. The Labute approximate surface area is 198 Å². The third kappa shape index (κ3) is 5.15. The summed E-state index contributed by atoms with van der Waals surface area (Å²) in [5.41, 5.74) is 2.49. The summed E-state index contributed by atoms with van der Waals surface area (Å²) in [4.78, 5) is 23.7. The number of hydrogen-bond donors (Lipinski definition) is 1. The van der Waals surface area contributed by atoms with Crippen molar-refractivity contribution in [1.82, 2.24) is 24.8 Å². The first-order valence-corrected chi connectivity index (χ1v) is 11.9. The number of fused-ring (bicyclic) bond motifs is 2. The first-order chi connectivity index (χ1) is 16.7. The number of likely N-dealkylation sites (tertiary alicyclic amines) is 1. The topological polar surface area (TPSA) is 90.7 Å². The number of piperidine rings is 1. The molecule has 1 saturated heterocycles. The smallest absolute Gasteiger partial charge is 0.269 e. The zero-order chi connectivity index (χ0) is 23.3. The van der Waals surface area contributed by atoms with Gasteiger partial charge < -0.3 is 29.0 Å². The van der Waals surface area contributed by atoms with Gasteiger partial charge in [0.2, 0.25) is 0 Å². The number of aromatic nitrogens is 3. The van der Waals surface area contributed by atoms with Gasteiger partial charge >= 0.3 is 0 Å². The van der Waals surface area contributed by atoms with Crippen LogP contribution in [-0.2, 0) is 13.1 Å². The van der Waals surface area contributed by atoms with E-state index in [1.807, 2.05) is 24.3 Å². The molecule has 1 N–H and O–H groups in total. The molecule has 2 aliphatic heterocycles. The van der Waals surface area contributed by atoms with E-state index in [4.69, 9.17) is 14.2 Å². The third-order valence-corrected chi connectivity index (χ3v) is 6.54. The van der Waals surface area contributed by atoms with E-state index < -0.39 is 0 Å². The van der Waals surface area contributed by atoms with Crippen LogP contribution in [0, 0.1) is 0 Å². The predicted molar refractivity (Wildman–Crippen MR) is 129 cm³/mol. The summed E-state index contributed by atoms with van der Waals surface area (Å²) in [5.74, 6) is 2.24. The van der Waals surface area contributed by atoms with Gasteiger partial charge in [0.25, 0.3) is 5.56 Å². The number of nitrogens with one attached hydrogen (secondary N) is 1. The first kappa shape index (κ1) is 22.6. The Hall–Kier alpha value is -3.17. The summed E-state index contributed by atoms with van der Waals surface area (Å²) in [7, 11) is 1.63. The Morgan fingerprint density at radius 3 is 2.71 bits per heavy atom. The van der Waals surface area contributed by atoms with Gasteiger partial charge in [-0.2, -0.15) is 0 Å². The summed E-state index contributed by atoms with van der Waals surface area (Å²) in [6.45, 7) is 5.50. The number of rotatable bonds is 7. The number of benzene rings is 1. The number of ether oxygens (including phenoxy) is 3. The van der Waals surface area contributed by atoms with Crippen molar-refractivity contribution >= 4 is 11.0 Å². The second-order valence-corrected chi connectivity index (χ2v) is 8.77. The standard InChI is InChI=1S/C25H31N5O4/c1-32-20-3-4-21-22(14-20)30(25(31)17-28-21)10-9-29-7-5-18(6-8-29)26-15-19-13-23-24(16-27-19)34-12-2-11-33-23/h3-4,13-14,16-18,26H,2,5-12,15H2,1H3. The monoisotopic (exact) mass is 465 g/mol. The van der Waals surface area contributed by atoms with E-state index in [0.29, 0.717) is 32.3 Å². The molecule has 4 heterocycles. The highest BCUT2D eigenvalue weighted by atomic mass is 16.5. The van der Waals surface area contributed by atoms with Crippen LogP contribution in [0.2, 0.25) is 0 Å². The molecule has 0 radical (unpaired) electrons. The van der Waals surface area contributed by atoms with Crippen LogP contribution in [0.5, 0.6) is 17.2 Å². The van der Waals surface area contributed by atoms with Gasteiger partial charge in [-0.05, 0) is 38.1 Å². The van der Waals surface area contributed by atoms with Gasteiger partial charge in [0.05, 0.1) is 49.4 Å². The molecule has 1 aromatic carbocycles. The quantitative estimate of drug-likeness (QED) is 0.568. The minimum absolute atomic E-state index is 0.0834. The molecule has 1 fully saturated rings. The van der Waals surface area contributed by atoms with Gasteiger partial charge in [0.15, 0.2) is 11.5 Å². The molecule has 0 bridgehead atoms. The van der Waals surface area contributed by atoms with Crippen LogP contribution >= 0.6 is 0 Å². The van der Waals surface area contributed by atoms with Crippen LogP contribution in [0.1, 0.15) is 25.0 Å². The van der Waals surface area contributed by atoms with E-state index >= 15 is 0 Å². The molecule has 0 unspecified atom stereocenters. The molecule has 9 nitrogen and oxygen atoms in total. The second kappa shape index (κ2) is 10.4. The van der Waals surface area contributed by atoms with Crippen molar-refractivity contribution in [3.8, 4) is 17.2 Å². The molecule has 0 aliphatic carbocycles. The van der Waals surface area contributed by atoms with Crippen molar-refractivity contribution in [1.29, 1.82) is 0 Å². The van der Waals surface area contributed by atoms with Crippen molar-refractivity contribution in [3.63, 3.8) is 0 Å². The largest absolute Gasteiger partial charge is 0.497 e. The molecule has 0 amide bonds. The van der Waals surface area contributed by atoms with E-state index in [1.165, 1.54) is 6.20 Å². The molecule has 0 atom stereocenters. The molecule has 2 aromatic heterocycles. The molecular formula is C25H31N5O4. The molecule has 9 heteroatoms. The zero-order valence-corrected chi connectivity index (χ0v) is 19.5. The van der Waals surface area contributed by atoms with Crippen LogP contribution in [0.3, 0.4) is 0 Å². The summed E-state index contributed by atoms with van der Waals surface area (Å²) < 4.78 is 18.6. The first-order valence-electron chi connectivity index (χ1n) is 11.9. The molecule has 5 rings (SSSR count). The minimum Gasteiger partial charge on any atom is -0.497 e. The molecule has 180 valence electrons. The average Bonchev–Trinajstić information content (AvgIpc) is 3.12. The van der Waals surface area contributed by atoms with Crippen molar-refractivity contribution in [2.45, 2.75) is 38.4 Å².